The van der Waals surface area contributed by atoms with Crippen LogP contribution in [0.2, 0.25) is 15.1 Å². The molecule has 2 amide bonds. The summed E-state index contributed by atoms with van der Waals surface area (Å²) in [6.07, 6.45) is 1.67. The van der Waals surface area contributed by atoms with Crippen LogP contribution in [0.3, 0.4) is 0 Å². The quantitative estimate of drug-likeness (QED) is 0.247. The SMILES string of the molecule is O=C1S/C(=C\c2cc(Br)c(OCc3ccccc3Cl)c(Br)c2)C(=O)N1Cc1ccc(Cl)cc1Cl. The van der Waals surface area contributed by atoms with E-state index < -0.39 is 0 Å². The van der Waals surface area contributed by atoms with E-state index in [1.54, 1.807) is 30.3 Å². The van der Waals surface area contributed by atoms with E-state index in [9.17, 15) is 9.59 Å². The van der Waals surface area contributed by atoms with Crippen LogP contribution in [-0.4, -0.2) is 16.0 Å². The highest BCUT2D eigenvalue weighted by Crippen LogP contribution is 2.39. The van der Waals surface area contributed by atoms with Crippen LogP contribution in [0.15, 0.2) is 68.4 Å². The van der Waals surface area contributed by atoms with Crippen molar-refractivity contribution in [2.45, 2.75) is 13.2 Å². The summed E-state index contributed by atoms with van der Waals surface area (Å²) < 4.78 is 7.32. The molecule has 4 nitrogen and oxygen atoms in total. The van der Waals surface area contributed by atoms with Crippen LogP contribution >= 0.6 is 78.4 Å². The van der Waals surface area contributed by atoms with Crippen LogP contribution in [0, 0.1) is 0 Å². The molecule has 34 heavy (non-hydrogen) atoms. The minimum Gasteiger partial charge on any atom is -0.486 e. The summed E-state index contributed by atoms with van der Waals surface area (Å²) in [7, 11) is 0. The van der Waals surface area contributed by atoms with Crippen molar-refractivity contribution in [3.05, 3.63) is 100 Å². The molecule has 0 radical (unpaired) electrons. The molecule has 0 aromatic heterocycles. The molecule has 0 spiro atoms. The van der Waals surface area contributed by atoms with Crippen molar-refractivity contribution in [2.24, 2.45) is 0 Å². The predicted molar refractivity (Wildman–Crippen MR) is 146 cm³/mol. The molecule has 1 fully saturated rings. The van der Waals surface area contributed by atoms with Crippen LogP contribution in [0.5, 0.6) is 5.75 Å². The number of rotatable bonds is 6. The van der Waals surface area contributed by atoms with Crippen molar-refractivity contribution < 1.29 is 14.3 Å². The van der Waals surface area contributed by atoms with Crippen LogP contribution in [0.25, 0.3) is 6.08 Å². The van der Waals surface area contributed by atoms with Crippen molar-refractivity contribution in [3.8, 4) is 5.75 Å². The van der Waals surface area contributed by atoms with E-state index in [4.69, 9.17) is 39.5 Å². The van der Waals surface area contributed by atoms with Crippen LogP contribution in [0.4, 0.5) is 4.79 Å². The standard InChI is InChI=1S/C24H14Br2Cl3NO3S/c25-17-7-13(8-18(26)22(17)33-12-15-3-1-2-4-19(15)28)9-21-23(31)30(24(32)34-21)11-14-5-6-16(27)10-20(14)29/h1-10H,11-12H2/b21-9-. The summed E-state index contributed by atoms with van der Waals surface area (Å²) in [4.78, 5) is 26.9. The van der Waals surface area contributed by atoms with E-state index in [2.05, 4.69) is 31.9 Å². The van der Waals surface area contributed by atoms with E-state index in [0.29, 0.717) is 46.8 Å². The van der Waals surface area contributed by atoms with Gasteiger partial charge in [0.05, 0.1) is 20.4 Å². The zero-order valence-electron chi connectivity index (χ0n) is 17.2. The lowest BCUT2D eigenvalue weighted by atomic mass is 10.2. The Hall–Kier alpha value is -1.48. The van der Waals surface area contributed by atoms with Crippen molar-refractivity contribution in [1.82, 2.24) is 4.90 Å². The van der Waals surface area contributed by atoms with Gasteiger partial charge in [-0.2, -0.15) is 0 Å². The van der Waals surface area contributed by atoms with E-state index in [-0.39, 0.29) is 17.7 Å². The topological polar surface area (TPSA) is 46.6 Å². The smallest absolute Gasteiger partial charge is 0.293 e. The van der Waals surface area contributed by atoms with Crippen LogP contribution in [-0.2, 0) is 17.9 Å². The molecule has 0 N–H and O–H groups in total. The first-order valence-corrected chi connectivity index (χ1v) is 13.3. The Bertz CT molecular complexity index is 1310. The number of benzene rings is 3. The zero-order chi connectivity index (χ0) is 24.4. The van der Waals surface area contributed by atoms with Gasteiger partial charge in [0.1, 0.15) is 12.4 Å². The maximum absolute atomic E-state index is 12.9. The minimum atomic E-state index is -0.382. The number of carbonyl (C=O) groups is 2. The van der Waals surface area contributed by atoms with Crippen LogP contribution < -0.4 is 4.74 Å². The fraction of sp³-hybridized carbons (Fsp3) is 0.0833. The lowest BCUT2D eigenvalue weighted by molar-refractivity contribution is -0.123. The third kappa shape index (κ3) is 5.83. The Kier molecular flexibility index (Phi) is 8.33. The summed E-state index contributed by atoms with van der Waals surface area (Å²) in [5.74, 6) is 0.217. The maximum Gasteiger partial charge on any atom is 0.293 e. The first-order valence-electron chi connectivity index (χ1n) is 9.77. The van der Waals surface area contributed by atoms with E-state index in [1.165, 1.54) is 0 Å². The van der Waals surface area contributed by atoms with Gasteiger partial charge in [0.2, 0.25) is 0 Å². The molecule has 10 heteroatoms. The number of carbonyl (C=O) groups excluding carboxylic acids is 2. The average molecular weight is 663 g/mol. The summed E-state index contributed by atoms with van der Waals surface area (Å²) in [6, 6.07) is 16.0. The second-order valence-electron chi connectivity index (χ2n) is 7.20. The van der Waals surface area contributed by atoms with Crippen LogP contribution in [0.1, 0.15) is 16.7 Å². The number of amides is 2. The van der Waals surface area contributed by atoms with Gasteiger partial charge in [-0.3, -0.25) is 14.5 Å². The highest BCUT2D eigenvalue weighted by molar-refractivity contribution is 9.11. The second kappa shape index (κ2) is 11.1. The number of ether oxygens (including phenoxy) is 1. The fourth-order valence-electron chi connectivity index (χ4n) is 3.17. The number of imide groups is 1. The highest BCUT2D eigenvalue weighted by atomic mass is 79.9. The number of nitrogens with zero attached hydrogens (tertiary/aromatic N) is 1. The molecular weight excluding hydrogens is 649 g/mol. The number of hydrogen-bond acceptors (Lipinski definition) is 4. The largest absolute Gasteiger partial charge is 0.486 e. The van der Waals surface area contributed by atoms with Crippen molar-refractivity contribution in [1.29, 1.82) is 0 Å². The monoisotopic (exact) mass is 659 g/mol. The van der Waals surface area contributed by atoms with Crippen molar-refractivity contribution in [3.63, 3.8) is 0 Å². The minimum absolute atomic E-state index is 0.0697. The number of hydrogen-bond donors (Lipinski definition) is 0. The normalized spacial score (nSPS) is 14.9. The Balaban J connectivity index is 1.51. The summed E-state index contributed by atoms with van der Waals surface area (Å²) >= 11 is 26.3. The van der Waals surface area contributed by atoms with Gasteiger partial charge in [-0.15, -0.1) is 0 Å². The summed E-state index contributed by atoms with van der Waals surface area (Å²) in [5.41, 5.74) is 2.22. The third-order valence-electron chi connectivity index (χ3n) is 4.87. The Morgan fingerprint density at radius 3 is 2.29 bits per heavy atom. The maximum atomic E-state index is 12.9. The molecule has 174 valence electrons. The fourth-order valence-corrected chi connectivity index (χ4v) is 6.12. The molecule has 0 atom stereocenters. The van der Waals surface area contributed by atoms with Gasteiger partial charge in [0.25, 0.3) is 11.1 Å². The van der Waals surface area contributed by atoms with Gasteiger partial charge in [0, 0.05) is 20.6 Å². The molecule has 3 aromatic rings. The first kappa shape index (κ1) is 25.6. The Morgan fingerprint density at radius 1 is 0.912 bits per heavy atom. The Labute approximate surface area is 232 Å². The van der Waals surface area contributed by atoms with Crippen molar-refractivity contribution >= 4 is 95.6 Å². The molecule has 1 saturated heterocycles. The summed E-state index contributed by atoms with van der Waals surface area (Å²) in [5, 5.41) is 1.15. The number of thioether (sulfide) groups is 1. The molecule has 0 unspecified atom stereocenters. The lowest BCUT2D eigenvalue weighted by Crippen LogP contribution is -2.27. The van der Waals surface area contributed by atoms with E-state index in [0.717, 1.165) is 27.8 Å². The second-order valence-corrected chi connectivity index (χ2v) is 11.2. The van der Waals surface area contributed by atoms with Gasteiger partial charge in [-0.25, -0.2) is 0 Å². The molecule has 1 aliphatic heterocycles. The molecule has 1 aliphatic rings. The van der Waals surface area contributed by atoms with Crippen molar-refractivity contribution in [2.75, 3.05) is 0 Å². The first-order chi connectivity index (χ1) is 16.2. The molecule has 3 aromatic carbocycles. The average Bonchev–Trinajstić information content (AvgIpc) is 3.03. The van der Waals surface area contributed by atoms with E-state index >= 15 is 0 Å². The van der Waals surface area contributed by atoms with Gasteiger partial charge in [0.15, 0.2) is 0 Å². The molecule has 0 aliphatic carbocycles. The van der Waals surface area contributed by atoms with E-state index in [1.807, 2.05) is 30.3 Å². The molecule has 0 saturated carbocycles. The Morgan fingerprint density at radius 2 is 1.62 bits per heavy atom. The molecule has 0 bridgehead atoms. The number of halogens is 5. The predicted octanol–water partition coefficient (Wildman–Crippen LogP) is 8.99. The zero-order valence-corrected chi connectivity index (χ0v) is 23.4. The van der Waals surface area contributed by atoms with Gasteiger partial charge >= 0.3 is 0 Å². The lowest BCUT2D eigenvalue weighted by Gasteiger charge is -2.14. The highest BCUT2D eigenvalue weighted by Gasteiger charge is 2.35. The van der Waals surface area contributed by atoms with Gasteiger partial charge in [-0.1, -0.05) is 59.1 Å². The molecule has 4 rings (SSSR count). The molecule has 1 heterocycles. The van der Waals surface area contributed by atoms with Gasteiger partial charge < -0.3 is 4.74 Å². The third-order valence-corrected chi connectivity index (χ3v) is 7.91. The van der Waals surface area contributed by atoms with Gasteiger partial charge in [-0.05, 0) is 91.2 Å². The summed E-state index contributed by atoms with van der Waals surface area (Å²) in [6.45, 7) is 0.364. The molecular formula is C24H14Br2Cl3NO3S.